The molecule has 92 valence electrons. The summed E-state index contributed by atoms with van der Waals surface area (Å²) in [5.74, 6) is 2.51. The fourth-order valence-electron chi connectivity index (χ4n) is 2.36. The molecule has 1 aliphatic heterocycles. The average molecular weight is 241 g/mol. The zero-order valence-electron chi connectivity index (χ0n) is 10.1. The molecule has 0 N–H and O–H groups in total. The Morgan fingerprint density at radius 1 is 1.11 bits per heavy atom. The second-order valence-electron chi connectivity index (χ2n) is 4.53. The first kappa shape index (κ1) is 11.1. The molecule has 0 aromatic carbocycles. The molecule has 1 unspecified atom stereocenters. The van der Waals surface area contributed by atoms with E-state index in [0.29, 0.717) is 5.92 Å². The molecule has 2 aromatic heterocycles. The molecule has 0 radical (unpaired) electrons. The summed E-state index contributed by atoms with van der Waals surface area (Å²) >= 11 is 0. The van der Waals surface area contributed by atoms with Gasteiger partial charge in [-0.1, -0.05) is 0 Å². The van der Waals surface area contributed by atoms with Gasteiger partial charge in [-0.2, -0.15) is 0 Å². The first-order valence-electron chi connectivity index (χ1n) is 6.18. The van der Waals surface area contributed by atoms with Crippen molar-refractivity contribution in [2.24, 2.45) is 5.92 Å². The maximum Gasteiger partial charge on any atom is 0.147 e. The largest absolute Gasteiger partial charge is 0.355 e. The molecular formula is C13H15N5. The fraction of sp³-hybridized carbons (Fsp3) is 0.385. The van der Waals surface area contributed by atoms with Gasteiger partial charge in [0.05, 0.1) is 6.20 Å². The summed E-state index contributed by atoms with van der Waals surface area (Å²) in [7, 11) is 0. The quantitative estimate of drug-likeness (QED) is 0.811. The standard InChI is InChI=1S/C13H15N5/c1-3-15-12(16-4-1)8-11-2-7-18(10-11)13-9-14-5-6-17-13/h1,3-6,9,11H,2,7-8,10H2. The summed E-state index contributed by atoms with van der Waals surface area (Å²) in [5.41, 5.74) is 0. The van der Waals surface area contributed by atoms with E-state index in [4.69, 9.17) is 0 Å². The Morgan fingerprint density at radius 2 is 2.00 bits per heavy atom. The van der Waals surface area contributed by atoms with Crippen LogP contribution < -0.4 is 4.90 Å². The summed E-state index contributed by atoms with van der Waals surface area (Å²) in [4.78, 5) is 19.3. The first-order valence-corrected chi connectivity index (χ1v) is 6.18. The van der Waals surface area contributed by atoms with Crippen molar-refractivity contribution in [3.05, 3.63) is 42.9 Å². The van der Waals surface area contributed by atoms with E-state index in [2.05, 4.69) is 24.8 Å². The molecular weight excluding hydrogens is 226 g/mol. The molecule has 5 nitrogen and oxygen atoms in total. The van der Waals surface area contributed by atoms with E-state index in [1.807, 2.05) is 12.3 Å². The average Bonchev–Trinajstić information content (AvgIpc) is 2.89. The van der Waals surface area contributed by atoms with Gasteiger partial charge in [0.1, 0.15) is 11.6 Å². The minimum Gasteiger partial charge on any atom is -0.355 e. The lowest BCUT2D eigenvalue weighted by Gasteiger charge is -2.16. The van der Waals surface area contributed by atoms with Gasteiger partial charge in [0.15, 0.2) is 0 Å². The number of rotatable bonds is 3. The SMILES string of the molecule is c1cnc(CC2CCN(c3cnccn3)C2)nc1. The predicted octanol–water partition coefficient (Wildman–Crippen LogP) is 1.34. The van der Waals surface area contributed by atoms with Gasteiger partial charge < -0.3 is 4.90 Å². The molecule has 18 heavy (non-hydrogen) atoms. The minimum atomic E-state index is 0.606. The Labute approximate surface area is 106 Å². The third-order valence-corrected chi connectivity index (χ3v) is 3.25. The monoisotopic (exact) mass is 241 g/mol. The van der Waals surface area contributed by atoms with E-state index in [9.17, 15) is 0 Å². The van der Waals surface area contributed by atoms with Crippen molar-refractivity contribution >= 4 is 5.82 Å². The normalized spacial score (nSPS) is 19.1. The number of anilines is 1. The van der Waals surface area contributed by atoms with E-state index in [-0.39, 0.29) is 0 Å². The highest BCUT2D eigenvalue weighted by Crippen LogP contribution is 2.23. The zero-order valence-corrected chi connectivity index (χ0v) is 10.1. The summed E-state index contributed by atoms with van der Waals surface area (Å²) < 4.78 is 0. The van der Waals surface area contributed by atoms with Gasteiger partial charge in [-0.05, 0) is 18.4 Å². The van der Waals surface area contributed by atoms with Crippen LogP contribution in [0.15, 0.2) is 37.1 Å². The lowest BCUT2D eigenvalue weighted by atomic mass is 10.0. The lowest BCUT2D eigenvalue weighted by molar-refractivity contribution is 0.566. The van der Waals surface area contributed by atoms with E-state index < -0.39 is 0 Å². The number of aromatic nitrogens is 4. The molecule has 1 saturated heterocycles. The van der Waals surface area contributed by atoms with Crippen LogP contribution in [-0.2, 0) is 6.42 Å². The maximum absolute atomic E-state index is 4.33. The Balaban J connectivity index is 1.62. The Hall–Kier alpha value is -2.04. The van der Waals surface area contributed by atoms with Crippen LogP contribution in [0.5, 0.6) is 0 Å². The Bertz CT molecular complexity index is 487. The van der Waals surface area contributed by atoms with Gasteiger partial charge in [0.2, 0.25) is 0 Å². The van der Waals surface area contributed by atoms with E-state index in [1.165, 1.54) is 0 Å². The molecule has 1 atom stereocenters. The molecule has 1 fully saturated rings. The molecule has 0 bridgehead atoms. The molecule has 0 saturated carbocycles. The molecule has 0 amide bonds. The molecule has 5 heteroatoms. The van der Waals surface area contributed by atoms with Crippen molar-refractivity contribution in [3.8, 4) is 0 Å². The molecule has 1 aliphatic rings. The Morgan fingerprint density at radius 3 is 2.78 bits per heavy atom. The molecule has 3 rings (SSSR count). The number of nitrogens with zero attached hydrogens (tertiary/aromatic N) is 5. The van der Waals surface area contributed by atoms with Crippen molar-refractivity contribution in [2.45, 2.75) is 12.8 Å². The Kier molecular flexibility index (Phi) is 3.12. The highest BCUT2D eigenvalue weighted by atomic mass is 15.2. The van der Waals surface area contributed by atoms with E-state index >= 15 is 0 Å². The van der Waals surface area contributed by atoms with Crippen LogP contribution in [0.3, 0.4) is 0 Å². The topological polar surface area (TPSA) is 54.8 Å². The van der Waals surface area contributed by atoms with Gasteiger partial charge in [-0.3, -0.25) is 4.98 Å². The van der Waals surface area contributed by atoms with Gasteiger partial charge in [0.25, 0.3) is 0 Å². The second-order valence-corrected chi connectivity index (χ2v) is 4.53. The predicted molar refractivity (Wildman–Crippen MR) is 68.1 cm³/mol. The molecule has 0 spiro atoms. The number of hydrogen-bond donors (Lipinski definition) is 0. The lowest BCUT2D eigenvalue weighted by Crippen LogP contribution is -2.21. The van der Waals surface area contributed by atoms with E-state index in [0.717, 1.165) is 37.6 Å². The highest BCUT2D eigenvalue weighted by molar-refractivity contribution is 5.36. The summed E-state index contributed by atoms with van der Waals surface area (Å²) in [6.45, 7) is 2.05. The summed E-state index contributed by atoms with van der Waals surface area (Å²) in [6, 6.07) is 1.85. The van der Waals surface area contributed by atoms with Crippen molar-refractivity contribution in [1.29, 1.82) is 0 Å². The second kappa shape index (κ2) is 5.08. The van der Waals surface area contributed by atoms with Crippen LogP contribution in [0.4, 0.5) is 5.82 Å². The fourth-order valence-corrected chi connectivity index (χ4v) is 2.36. The van der Waals surface area contributed by atoms with Crippen molar-refractivity contribution in [3.63, 3.8) is 0 Å². The van der Waals surface area contributed by atoms with Gasteiger partial charge in [-0.15, -0.1) is 0 Å². The summed E-state index contributed by atoms with van der Waals surface area (Å²) in [6.07, 6.45) is 11.0. The maximum atomic E-state index is 4.33. The first-order chi connectivity index (χ1) is 8.92. The molecule has 0 aliphatic carbocycles. The number of hydrogen-bond acceptors (Lipinski definition) is 5. The highest BCUT2D eigenvalue weighted by Gasteiger charge is 2.24. The van der Waals surface area contributed by atoms with Crippen LogP contribution in [0.2, 0.25) is 0 Å². The van der Waals surface area contributed by atoms with Crippen LogP contribution in [-0.4, -0.2) is 33.0 Å². The van der Waals surface area contributed by atoms with Gasteiger partial charge in [0, 0.05) is 44.3 Å². The minimum absolute atomic E-state index is 0.606. The van der Waals surface area contributed by atoms with Crippen molar-refractivity contribution in [1.82, 2.24) is 19.9 Å². The van der Waals surface area contributed by atoms with Crippen LogP contribution in [0.1, 0.15) is 12.2 Å². The van der Waals surface area contributed by atoms with Crippen LogP contribution in [0.25, 0.3) is 0 Å². The molecule has 3 heterocycles. The smallest absolute Gasteiger partial charge is 0.147 e. The van der Waals surface area contributed by atoms with Crippen LogP contribution >= 0.6 is 0 Å². The van der Waals surface area contributed by atoms with Crippen molar-refractivity contribution in [2.75, 3.05) is 18.0 Å². The zero-order chi connectivity index (χ0) is 12.2. The van der Waals surface area contributed by atoms with Gasteiger partial charge in [-0.25, -0.2) is 15.0 Å². The third kappa shape index (κ3) is 2.45. The van der Waals surface area contributed by atoms with E-state index in [1.54, 1.807) is 24.8 Å². The van der Waals surface area contributed by atoms with Crippen molar-refractivity contribution < 1.29 is 0 Å². The summed E-state index contributed by atoms with van der Waals surface area (Å²) in [5, 5.41) is 0. The van der Waals surface area contributed by atoms with Crippen LogP contribution in [0, 0.1) is 5.92 Å². The molecule has 2 aromatic rings. The third-order valence-electron chi connectivity index (χ3n) is 3.25. The van der Waals surface area contributed by atoms with Gasteiger partial charge >= 0.3 is 0 Å².